The van der Waals surface area contributed by atoms with Crippen molar-refractivity contribution in [2.45, 2.75) is 38.1 Å². The molecule has 2 aromatic carbocycles. The van der Waals surface area contributed by atoms with Crippen molar-refractivity contribution in [2.24, 2.45) is 5.92 Å². The summed E-state index contributed by atoms with van der Waals surface area (Å²) in [5.41, 5.74) is 0.716. The average Bonchev–Trinajstić information content (AvgIpc) is 2.82. The number of hydrogen-bond acceptors (Lipinski definition) is 6. The number of nitrogens with one attached hydrogen (secondary N) is 2. The van der Waals surface area contributed by atoms with E-state index in [-0.39, 0.29) is 29.9 Å². The monoisotopic (exact) mass is 601 g/mol. The molecule has 12 heteroatoms. The highest BCUT2D eigenvalue weighted by Crippen LogP contribution is 2.31. The number of fused-ring (bicyclic) bond motifs is 1. The molecule has 1 saturated carbocycles. The van der Waals surface area contributed by atoms with Gasteiger partial charge in [-0.15, -0.1) is 25.6 Å². The Balaban J connectivity index is 0.00000380. The van der Waals surface area contributed by atoms with Gasteiger partial charge in [-0.05, 0) is 61.9 Å². The van der Waals surface area contributed by atoms with Gasteiger partial charge < -0.3 is 20.3 Å². The molecule has 1 fully saturated rings. The molecule has 7 nitrogen and oxygen atoms in total. The molecule has 2 N–H and O–H groups in total. The second-order valence-corrected chi connectivity index (χ2v) is 9.96. The molecule has 0 atom stereocenters. The molecule has 1 heterocycles. The summed E-state index contributed by atoms with van der Waals surface area (Å²) in [7, 11) is 3.90. The van der Waals surface area contributed by atoms with E-state index in [2.05, 4.69) is 36.3 Å². The molecule has 0 spiro atoms. The van der Waals surface area contributed by atoms with Crippen molar-refractivity contribution in [1.29, 1.82) is 0 Å². The Morgan fingerprint density at radius 2 is 1.81 bits per heavy atom. The number of anilines is 2. The van der Waals surface area contributed by atoms with Crippen LogP contribution in [0.25, 0.3) is 10.9 Å². The highest BCUT2D eigenvalue weighted by molar-refractivity contribution is 9.10. The number of hydrogen-bond donors (Lipinski definition) is 2. The van der Waals surface area contributed by atoms with Crippen LogP contribution in [0, 0.1) is 5.92 Å². The van der Waals surface area contributed by atoms with Crippen molar-refractivity contribution < 1.29 is 22.7 Å². The second kappa shape index (κ2) is 12.2. The van der Waals surface area contributed by atoms with Gasteiger partial charge in [0.25, 0.3) is 5.91 Å². The molecular formula is C25H28BrClF3N5O2. The van der Waals surface area contributed by atoms with Gasteiger partial charge in [-0.3, -0.25) is 4.79 Å². The summed E-state index contributed by atoms with van der Waals surface area (Å²) >= 11 is 3.11. The zero-order valence-electron chi connectivity index (χ0n) is 20.3. The summed E-state index contributed by atoms with van der Waals surface area (Å²) in [5, 5.41) is 7.20. The van der Waals surface area contributed by atoms with Gasteiger partial charge in [0.2, 0.25) is 5.95 Å². The van der Waals surface area contributed by atoms with Gasteiger partial charge in [0.1, 0.15) is 11.6 Å². The zero-order valence-corrected chi connectivity index (χ0v) is 22.7. The standard InChI is InChI=1S/C25H27BrF3N5O2.ClH/c1-34(2)22-18-5-3-4-6-20(18)32-24(33-22)31-17-10-7-15(8-11-17)14-30-23(35)19-12-9-16(26)13-21(19)36-25(27,28)29;/h3-6,9,12-13,15,17H,7-8,10-11,14H2,1-2H3,(H,30,35)(H,31,32,33);1H/t15-,17-;. The zero-order chi connectivity index (χ0) is 25.9. The lowest BCUT2D eigenvalue weighted by Crippen LogP contribution is -2.34. The molecule has 0 saturated heterocycles. The Morgan fingerprint density at radius 1 is 1.11 bits per heavy atom. The fourth-order valence-electron chi connectivity index (χ4n) is 4.38. The molecule has 3 aromatic rings. The van der Waals surface area contributed by atoms with E-state index in [9.17, 15) is 18.0 Å². The number of nitrogens with zero attached hydrogens (tertiary/aromatic N) is 3. The number of halogens is 5. The number of carbonyl (C=O) groups excluding carboxylic acids is 1. The Hall–Kier alpha value is -2.79. The number of carbonyl (C=O) groups is 1. The molecule has 0 radical (unpaired) electrons. The van der Waals surface area contributed by atoms with Gasteiger partial charge in [-0.2, -0.15) is 4.98 Å². The first-order valence-corrected chi connectivity index (χ1v) is 12.4. The van der Waals surface area contributed by atoms with E-state index in [0.717, 1.165) is 48.5 Å². The lowest BCUT2D eigenvalue weighted by Gasteiger charge is -2.29. The second-order valence-electron chi connectivity index (χ2n) is 9.04. The van der Waals surface area contributed by atoms with Crippen LogP contribution in [0.15, 0.2) is 46.9 Å². The van der Waals surface area contributed by atoms with E-state index in [1.54, 1.807) is 0 Å². The maximum Gasteiger partial charge on any atom is 0.573 e. The number of ether oxygens (including phenoxy) is 1. The smallest absolute Gasteiger partial charge is 0.405 e. The molecule has 1 aliphatic carbocycles. The van der Waals surface area contributed by atoms with E-state index < -0.39 is 18.0 Å². The normalized spacial score (nSPS) is 17.6. The maximum atomic E-state index is 12.7. The van der Waals surface area contributed by atoms with E-state index in [1.807, 2.05) is 43.3 Å². The molecule has 0 aliphatic heterocycles. The fraction of sp³-hybridized carbons (Fsp3) is 0.400. The van der Waals surface area contributed by atoms with Crippen LogP contribution in [-0.2, 0) is 0 Å². The van der Waals surface area contributed by atoms with E-state index in [1.165, 1.54) is 12.1 Å². The number of benzene rings is 2. The topological polar surface area (TPSA) is 79.4 Å². The van der Waals surface area contributed by atoms with Crippen molar-refractivity contribution in [3.63, 3.8) is 0 Å². The van der Waals surface area contributed by atoms with Crippen LogP contribution in [0.2, 0.25) is 0 Å². The summed E-state index contributed by atoms with van der Waals surface area (Å²) in [5.74, 6) is 0.532. The largest absolute Gasteiger partial charge is 0.573 e. The van der Waals surface area contributed by atoms with Crippen LogP contribution in [0.3, 0.4) is 0 Å². The number of aromatic nitrogens is 2. The highest BCUT2D eigenvalue weighted by Gasteiger charge is 2.33. The average molecular weight is 603 g/mol. The number of amides is 1. The molecule has 1 aliphatic rings. The predicted molar refractivity (Wildman–Crippen MR) is 144 cm³/mol. The SMILES string of the molecule is CN(C)c1nc(N[C@H]2CC[C@H](CNC(=O)c3ccc(Br)cc3OC(F)(F)F)CC2)nc2ccccc12.Cl. The van der Waals surface area contributed by atoms with Gasteiger partial charge in [0.05, 0.1) is 11.1 Å². The lowest BCUT2D eigenvalue weighted by molar-refractivity contribution is -0.274. The van der Waals surface area contributed by atoms with Gasteiger partial charge in [0, 0.05) is 36.5 Å². The molecule has 37 heavy (non-hydrogen) atoms. The van der Waals surface area contributed by atoms with Gasteiger partial charge in [-0.1, -0.05) is 28.1 Å². The number of rotatable bonds is 7. The summed E-state index contributed by atoms with van der Waals surface area (Å²) in [6, 6.07) is 12.0. The predicted octanol–water partition coefficient (Wildman–Crippen LogP) is 6.18. The van der Waals surface area contributed by atoms with Crippen molar-refractivity contribution in [1.82, 2.24) is 15.3 Å². The van der Waals surface area contributed by atoms with Crippen LogP contribution in [0.1, 0.15) is 36.0 Å². The Morgan fingerprint density at radius 3 is 2.49 bits per heavy atom. The van der Waals surface area contributed by atoms with Crippen LogP contribution >= 0.6 is 28.3 Å². The number of para-hydroxylation sites is 1. The minimum absolute atomic E-state index is 0. The van der Waals surface area contributed by atoms with Crippen molar-refractivity contribution >= 4 is 56.9 Å². The van der Waals surface area contributed by atoms with E-state index >= 15 is 0 Å². The third kappa shape index (κ3) is 7.61. The summed E-state index contributed by atoms with van der Waals surface area (Å²) in [4.78, 5) is 23.9. The van der Waals surface area contributed by atoms with Crippen LogP contribution in [0.5, 0.6) is 5.75 Å². The van der Waals surface area contributed by atoms with Crippen molar-refractivity contribution in [2.75, 3.05) is 30.9 Å². The quantitative estimate of drug-likeness (QED) is 0.336. The third-order valence-electron chi connectivity index (χ3n) is 6.15. The van der Waals surface area contributed by atoms with Gasteiger partial charge >= 0.3 is 6.36 Å². The fourth-order valence-corrected chi connectivity index (χ4v) is 4.72. The molecule has 200 valence electrons. The Kier molecular flexibility index (Phi) is 9.46. The minimum Gasteiger partial charge on any atom is -0.405 e. The summed E-state index contributed by atoms with van der Waals surface area (Å²) in [6.45, 7) is 0.379. The highest BCUT2D eigenvalue weighted by atomic mass is 79.9. The molecule has 0 bridgehead atoms. The first-order chi connectivity index (χ1) is 17.1. The minimum atomic E-state index is -4.89. The molecule has 0 unspecified atom stereocenters. The number of alkyl halides is 3. The first-order valence-electron chi connectivity index (χ1n) is 11.6. The van der Waals surface area contributed by atoms with E-state index in [0.29, 0.717) is 17.0 Å². The van der Waals surface area contributed by atoms with E-state index in [4.69, 9.17) is 4.98 Å². The van der Waals surface area contributed by atoms with Crippen LogP contribution < -0.4 is 20.3 Å². The van der Waals surface area contributed by atoms with Gasteiger partial charge in [0.15, 0.2) is 0 Å². The summed E-state index contributed by atoms with van der Waals surface area (Å²) in [6.07, 6.45) is -1.43. The molecule has 1 amide bonds. The van der Waals surface area contributed by atoms with Crippen LogP contribution in [-0.4, -0.2) is 48.9 Å². The summed E-state index contributed by atoms with van der Waals surface area (Å²) < 4.78 is 42.6. The van der Waals surface area contributed by atoms with Crippen molar-refractivity contribution in [3.05, 3.63) is 52.5 Å². The molecule has 1 aromatic heterocycles. The third-order valence-corrected chi connectivity index (χ3v) is 6.65. The van der Waals surface area contributed by atoms with Gasteiger partial charge in [-0.25, -0.2) is 4.98 Å². The Labute approximate surface area is 227 Å². The maximum absolute atomic E-state index is 12.7. The first kappa shape index (κ1) is 28.8. The van der Waals surface area contributed by atoms with Crippen molar-refractivity contribution in [3.8, 4) is 5.75 Å². The molecular weight excluding hydrogens is 575 g/mol. The Bertz CT molecular complexity index is 1240. The van der Waals surface area contributed by atoms with Crippen LogP contribution in [0.4, 0.5) is 24.9 Å². The molecule has 4 rings (SSSR count). The lowest BCUT2D eigenvalue weighted by atomic mass is 9.86.